The first-order chi connectivity index (χ1) is 12.4. The number of hydrogen-bond acceptors (Lipinski definition) is 7. The summed E-state index contributed by atoms with van der Waals surface area (Å²) in [6.45, 7) is 1.67. The molecular formula is C16H22N2O5S3. The average Bonchev–Trinajstić information content (AvgIpc) is 3.22. The predicted octanol–water partition coefficient (Wildman–Crippen LogP) is 1.27. The fraction of sp³-hybridized carbons (Fsp3) is 0.625. The topological polar surface area (TPSA) is 84.0 Å². The number of nitrogens with zero attached hydrogens (tertiary/aromatic N) is 2. The number of methoxy groups -OCH3 is 1. The van der Waals surface area contributed by atoms with E-state index in [0.29, 0.717) is 49.0 Å². The number of hydrogen-bond donors (Lipinski definition) is 0. The highest BCUT2D eigenvalue weighted by molar-refractivity contribution is 8.00. The molecule has 3 heterocycles. The number of thioether (sulfide) groups is 1. The third kappa shape index (κ3) is 4.08. The van der Waals surface area contributed by atoms with Crippen molar-refractivity contribution in [2.75, 3.05) is 39.0 Å². The lowest BCUT2D eigenvalue weighted by Crippen LogP contribution is -2.49. The summed E-state index contributed by atoms with van der Waals surface area (Å²) >= 11 is 2.72. The molecule has 2 saturated heterocycles. The summed E-state index contributed by atoms with van der Waals surface area (Å²) in [5, 5.41) is 1.41. The first kappa shape index (κ1) is 19.7. The van der Waals surface area contributed by atoms with E-state index >= 15 is 0 Å². The quantitative estimate of drug-likeness (QED) is 0.685. The second-order valence-electron chi connectivity index (χ2n) is 6.28. The van der Waals surface area contributed by atoms with Gasteiger partial charge in [-0.25, -0.2) is 8.42 Å². The SMILES string of the molecule is COC(=O)[C@H]1CN(C(=O)C2CCN(S(=O)(=O)c3cccs3)CC2)CCS1. The van der Waals surface area contributed by atoms with Gasteiger partial charge in [-0.15, -0.1) is 23.1 Å². The molecule has 0 bridgehead atoms. The molecule has 0 radical (unpaired) electrons. The summed E-state index contributed by atoms with van der Waals surface area (Å²) in [7, 11) is -2.10. The fourth-order valence-corrected chi connectivity index (χ4v) is 7.00. The van der Waals surface area contributed by atoms with E-state index in [0.717, 1.165) is 0 Å². The van der Waals surface area contributed by atoms with Crippen LogP contribution in [0.2, 0.25) is 0 Å². The molecule has 2 aliphatic heterocycles. The Morgan fingerprint density at radius 1 is 1.23 bits per heavy atom. The highest BCUT2D eigenvalue weighted by Gasteiger charge is 2.36. The molecule has 0 aromatic carbocycles. The lowest BCUT2D eigenvalue weighted by Gasteiger charge is -2.36. The van der Waals surface area contributed by atoms with Gasteiger partial charge in [-0.2, -0.15) is 4.31 Å². The van der Waals surface area contributed by atoms with E-state index in [2.05, 4.69) is 0 Å². The van der Waals surface area contributed by atoms with E-state index in [-0.39, 0.29) is 23.0 Å². The maximum absolute atomic E-state index is 12.8. The minimum absolute atomic E-state index is 0.0207. The first-order valence-electron chi connectivity index (χ1n) is 8.45. The van der Waals surface area contributed by atoms with E-state index in [1.165, 1.54) is 34.5 Å². The molecule has 0 saturated carbocycles. The van der Waals surface area contributed by atoms with Crippen molar-refractivity contribution in [3.05, 3.63) is 17.5 Å². The van der Waals surface area contributed by atoms with Crippen LogP contribution in [-0.2, 0) is 24.3 Å². The Kier molecular flexibility index (Phi) is 6.26. The molecule has 7 nitrogen and oxygen atoms in total. The van der Waals surface area contributed by atoms with Crippen molar-refractivity contribution in [2.24, 2.45) is 5.92 Å². The summed E-state index contributed by atoms with van der Waals surface area (Å²) in [5.41, 5.74) is 0. The molecule has 3 rings (SSSR count). The Morgan fingerprint density at radius 3 is 2.58 bits per heavy atom. The Morgan fingerprint density at radius 2 is 1.96 bits per heavy atom. The average molecular weight is 419 g/mol. The second-order valence-corrected chi connectivity index (χ2v) is 10.7. The number of rotatable bonds is 4. The van der Waals surface area contributed by atoms with Gasteiger partial charge in [-0.1, -0.05) is 6.07 Å². The highest BCUT2D eigenvalue weighted by atomic mass is 32.2. The Labute approximate surface area is 161 Å². The number of carbonyl (C=O) groups is 2. The van der Waals surface area contributed by atoms with Gasteiger partial charge in [0.15, 0.2) is 0 Å². The van der Waals surface area contributed by atoms with Crippen molar-refractivity contribution in [1.29, 1.82) is 0 Å². The molecule has 1 aromatic heterocycles. The van der Waals surface area contributed by atoms with Crippen LogP contribution in [0.3, 0.4) is 0 Å². The Bertz CT molecular complexity index is 742. The summed E-state index contributed by atoms with van der Waals surface area (Å²) in [6, 6.07) is 3.33. The maximum Gasteiger partial charge on any atom is 0.320 e. The molecule has 1 aromatic rings. The number of ether oxygens (including phenoxy) is 1. The van der Waals surface area contributed by atoms with Crippen LogP contribution in [0.25, 0.3) is 0 Å². The second kappa shape index (κ2) is 8.28. The summed E-state index contributed by atoms with van der Waals surface area (Å²) < 4.78 is 31.7. The number of thiophene rings is 1. The molecule has 0 spiro atoms. The predicted molar refractivity (Wildman–Crippen MR) is 101 cm³/mol. The Hall–Kier alpha value is -1.10. The van der Waals surface area contributed by atoms with Crippen LogP contribution in [0.4, 0.5) is 0 Å². The molecule has 144 valence electrons. The zero-order valence-corrected chi connectivity index (χ0v) is 16.9. The van der Waals surface area contributed by atoms with Gasteiger partial charge < -0.3 is 9.64 Å². The molecule has 0 aliphatic carbocycles. The maximum atomic E-state index is 12.8. The number of esters is 1. The van der Waals surface area contributed by atoms with Crippen LogP contribution in [0, 0.1) is 5.92 Å². The van der Waals surface area contributed by atoms with Gasteiger partial charge in [0.05, 0.1) is 7.11 Å². The van der Waals surface area contributed by atoms with Crippen molar-refractivity contribution in [2.45, 2.75) is 22.3 Å². The van der Waals surface area contributed by atoms with E-state index in [4.69, 9.17) is 4.74 Å². The van der Waals surface area contributed by atoms with Gasteiger partial charge in [-0.05, 0) is 24.3 Å². The lowest BCUT2D eigenvalue weighted by atomic mass is 9.96. The third-order valence-corrected chi connectivity index (χ3v) is 9.17. The largest absolute Gasteiger partial charge is 0.468 e. The summed E-state index contributed by atoms with van der Waals surface area (Å²) in [4.78, 5) is 26.2. The van der Waals surface area contributed by atoms with Gasteiger partial charge >= 0.3 is 5.97 Å². The monoisotopic (exact) mass is 418 g/mol. The minimum Gasteiger partial charge on any atom is -0.468 e. The van der Waals surface area contributed by atoms with Crippen molar-refractivity contribution < 1.29 is 22.7 Å². The number of carbonyl (C=O) groups excluding carboxylic acids is 2. The van der Waals surface area contributed by atoms with E-state index in [9.17, 15) is 18.0 Å². The van der Waals surface area contributed by atoms with Crippen molar-refractivity contribution in [3.8, 4) is 0 Å². The van der Waals surface area contributed by atoms with Crippen molar-refractivity contribution >= 4 is 45.0 Å². The van der Waals surface area contributed by atoms with Crippen LogP contribution in [0.1, 0.15) is 12.8 Å². The standard InChI is InChI=1S/C16H22N2O5S3/c1-23-16(20)13-11-17(8-10-24-13)15(19)12-4-6-18(7-5-12)26(21,22)14-3-2-9-25-14/h2-3,9,12-13H,4-8,10-11H2,1H3/t13-/m1/s1. The highest BCUT2D eigenvalue weighted by Crippen LogP contribution is 2.28. The molecule has 10 heteroatoms. The van der Waals surface area contributed by atoms with Crippen molar-refractivity contribution in [1.82, 2.24) is 9.21 Å². The number of sulfonamides is 1. The molecule has 1 atom stereocenters. The summed E-state index contributed by atoms with van der Waals surface area (Å²) in [5.74, 6) is 0.236. The van der Waals surface area contributed by atoms with E-state index in [1.807, 2.05) is 0 Å². The Balaban J connectivity index is 1.58. The molecule has 1 amide bonds. The lowest BCUT2D eigenvalue weighted by molar-refractivity contribution is -0.142. The van der Waals surface area contributed by atoms with E-state index in [1.54, 1.807) is 22.4 Å². The van der Waals surface area contributed by atoms with Gasteiger partial charge in [0.2, 0.25) is 5.91 Å². The van der Waals surface area contributed by atoms with Gasteiger partial charge in [0.1, 0.15) is 9.46 Å². The molecule has 0 unspecified atom stereocenters. The smallest absolute Gasteiger partial charge is 0.320 e. The zero-order valence-electron chi connectivity index (χ0n) is 14.5. The van der Waals surface area contributed by atoms with Crippen LogP contribution in [-0.4, -0.2) is 73.8 Å². The molecular weight excluding hydrogens is 396 g/mol. The molecule has 0 N–H and O–H groups in total. The molecule has 2 fully saturated rings. The van der Waals surface area contributed by atoms with Crippen LogP contribution >= 0.6 is 23.1 Å². The first-order valence-corrected chi connectivity index (χ1v) is 11.8. The van der Waals surface area contributed by atoms with E-state index < -0.39 is 10.0 Å². The normalized spacial score (nSPS) is 23.0. The van der Waals surface area contributed by atoms with Crippen LogP contribution < -0.4 is 0 Å². The molecule has 26 heavy (non-hydrogen) atoms. The third-order valence-electron chi connectivity index (χ3n) is 4.73. The van der Waals surface area contributed by atoms with Gasteiger partial charge in [0.25, 0.3) is 10.0 Å². The fourth-order valence-electron chi connectivity index (χ4n) is 3.26. The summed E-state index contributed by atoms with van der Waals surface area (Å²) in [6.07, 6.45) is 1.02. The van der Waals surface area contributed by atoms with Crippen LogP contribution in [0.15, 0.2) is 21.7 Å². The number of piperidine rings is 1. The van der Waals surface area contributed by atoms with Gasteiger partial charge in [0, 0.05) is 37.8 Å². The number of amides is 1. The van der Waals surface area contributed by atoms with Crippen molar-refractivity contribution in [3.63, 3.8) is 0 Å². The molecule has 2 aliphatic rings. The van der Waals surface area contributed by atoms with Gasteiger partial charge in [-0.3, -0.25) is 9.59 Å². The minimum atomic E-state index is -3.45. The zero-order chi connectivity index (χ0) is 18.7. The van der Waals surface area contributed by atoms with Crippen LogP contribution in [0.5, 0.6) is 0 Å².